The Hall–Kier alpha value is -1.08. The summed E-state index contributed by atoms with van der Waals surface area (Å²) in [5, 5.41) is 2.71. The molecular formula is C12H21NO5S. The van der Waals surface area contributed by atoms with Crippen LogP contribution in [0.15, 0.2) is 12.2 Å². The molecule has 1 N–H and O–H groups in total. The van der Waals surface area contributed by atoms with Crippen LogP contribution in [-0.2, 0) is 19.0 Å². The van der Waals surface area contributed by atoms with Gasteiger partial charge in [0.1, 0.15) is 5.60 Å². The van der Waals surface area contributed by atoms with Crippen LogP contribution >= 0.6 is 0 Å². The van der Waals surface area contributed by atoms with Crippen molar-refractivity contribution in [2.24, 2.45) is 5.92 Å². The molecule has 2 atom stereocenters. The molecule has 19 heavy (non-hydrogen) atoms. The van der Waals surface area contributed by atoms with Gasteiger partial charge in [-0.1, -0.05) is 12.2 Å². The van der Waals surface area contributed by atoms with Gasteiger partial charge in [-0.2, -0.15) is 8.42 Å². The number of rotatable bonds is 4. The molecule has 0 aliphatic heterocycles. The number of alkyl carbamates (subject to hydrolysis) is 1. The highest BCUT2D eigenvalue weighted by atomic mass is 32.2. The number of nitrogens with one attached hydrogen (secondary N) is 1. The number of carbonyl (C=O) groups is 1. The third-order valence-corrected chi connectivity index (χ3v) is 2.93. The van der Waals surface area contributed by atoms with E-state index in [9.17, 15) is 13.2 Å². The van der Waals surface area contributed by atoms with Crippen LogP contribution < -0.4 is 5.32 Å². The van der Waals surface area contributed by atoms with E-state index < -0.39 is 21.8 Å². The van der Waals surface area contributed by atoms with Gasteiger partial charge in [0.2, 0.25) is 0 Å². The van der Waals surface area contributed by atoms with Gasteiger partial charge in [0.25, 0.3) is 10.1 Å². The third-order valence-electron chi connectivity index (χ3n) is 2.37. The molecule has 0 aromatic carbocycles. The first-order valence-corrected chi connectivity index (χ1v) is 7.89. The van der Waals surface area contributed by atoms with Gasteiger partial charge in [-0.05, 0) is 27.2 Å². The second-order valence-corrected chi connectivity index (χ2v) is 7.27. The number of amides is 1. The van der Waals surface area contributed by atoms with Crippen LogP contribution in [0.5, 0.6) is 0 Å². The lowest BCUT2D eigenvalue weighted by atomic mass is 10.1. The molecule has 0 saturated carbocycles. The summed E-state index contributed by atoms with van der Waals surface area (Å²) < 4.78 is 31.6. The van der Waals surface area contributed by atoms with Crippen molar-refractivity contribution in [2.75, 3.05) is 12.9 Å². The van der Waals surface area contributed by atoms with E-state index >= 15 is 0 Å². The summed E-state index contributed by atoms with van der Waals surface area (Å²) in [6.45, 7) is 5.47. The van der Waals surface area contributed by atoms with Crippen LogP contribution in [-0.4, -0.2) is 39.0 Å². The van der Waals surface area contributed by atoms with Gasteiger partial charge in [-0.15, -0.1) is 0 Å². The van der Waals surface area contributed by atoms with Gasteiger partial charge < -0.3 is 10.1 Å². The molecule has 0 spiro atoms. The highest BCUT2D eigenvalue weighted by molar-refractivity contribution is 7.85. The van der Waals surface area contributed by atoms with E-state index in [-0.39, 0.29) is 18.6 Å². The molecule has 0 heterocycles. The Bertz CT molecular complexity index is 449. The van der Waals surface area contributed by atoms with Crippen molar-refractivity contribution in [2.45, 2.75) is 38.8 Å². The smallest absolute Gasteiger partial charge is 0.408 e. The molecule has 1 amide bonds. The molecule has 6 nitrogen and oxygen atoms in total. The normalized spacial score (nSPS) is 23.4. The van der Waals surface area contributed by atoms with Crippen LogP contribution in [0.2, 0.25) is 0 Å². The predicted molar refractivity (Wildman–Crippen MR) is 71.2 cm³/mol. The van der Waals surface area contributed by atoms with E-state index in [1.54, 1.807) is 20.8 Å². The van der Waals surface area contributed by atoms with E-state index in [0.29, 0.717) is 6.42 Å². The Labute approximate surface area is 114 Å². The van der Waals surface area contributed by atoms with Crippen LogP contribution in [0.3, 0.4) is 0 Å². The lowest BCUT2D eigenvalue weighted by Gasteiger charge is -2.21. The summed E-state index contributed by atoms with van der Waals surface area (Å²) >= 11 is 0. The summed E-state index contributed by atoms with van der Waals surface area (Å²) in [5.74, 6) is -0.0188. The largest absolute Gasteiger partial charge is 0.444 e. The molecule has 110 valence electrons. The maximum atomic E-state index is 11.5. The molecule has 0 fully saturated rings. The third kappa shape index (κ3) is 7.17. The molecule has 1 rings (SSSR count). The quantitative estimate of drug-likeness (QED) is 0.626. The number of carbonyl (C=O) groups excluding carboxylic acids is 1. The van der Waals surface area contributed by atoms with Crippen molar-refractivity contribution < 1.29 is 22.1 Å². The maximum Gasteiger partial charge on any atom is 0.408 e. The van der Waals surface area contributed by atoms with E-state index in [2.05, 4.69) is 5.32 Å². The minimum atomic E-state index is -3.42. The minimum Gasteiger partial charge on any atom is -0.444 e. The summed E-state index contributed by atoms with van der Waals surface area (Å²) in [7, 11) is -3.42. The molecule has 7 heteroatoms. The highest BCUT2D eigenvalue weighted by Crippen LogP contribution is 2.19. The van der Waals surface area contributed by atoms with E-state index in [1.165, 1.54) is 0 Å². The van der Waals surface area contributed by atoms with Crippen molar-refractivity contribution in [3.63, 3.8) is 0 Å². The van der Waals surface area contributed by atoms with Crippen LogP contribution in [0.1, 0.15) is 27.2 Å². The van der Waals surface area contributed by atoms with Crippen molar-refractivity contribution in [3.05, 3.63) is 12.2 Å². The summed E-state index contributed by atoms with van der Waals surface area (Å²) in [5.41, 5.74) is -0.537. The van der Waals surface area contributed by atoms with Gasteiger partial charge in [0.15, 0.2) is 0 Å². The fourth-order valence-electron chi connectivity index (χ4n) is 1.68. The maximum absolute atomic E-state index is 11.5. The Kier molecular flexibility index (Phi) is 4.98. The molecule has 0 unspecified atom stereocenters. The lowest BCUT2D eigenvalue weighted by Crippen LogP contribution is -2.37. The van der Waals surface area contributed by atoms with E-state index in [1.807, 2.05) is 12.2 Å². The Balaban J connectivity index is 2.34. The van der Waals surface area contributed by atoms with Crippen LogP contribution in [0, 0.1) is 5.92 Å². The topological polar surface area (TPSA) is 81.7 Å². The Morgan fingerprint density at radius 3 is 2.53 bits per heavy atom. The molecule has 0 saturated heterocycles. The fraction of sp³-hybridized carbons (Fsp3) is 0.750. The first-order chi connectivity index (χ1) is 8.55. The molecule has 1 aliphatic carbocycles. The van der Waals surface area contributed by atoms with Crippen molar-refractivity contribution in [1.82, 2.24) is 5.32 Å². The monoisotopic (exact) mass is 291 g/mol. The fourth-order valence-corrected chi connectivity index (χ4v) is 2.10. The molecule has 0 radical (unpaired) electrons. The molecule has 1 aliphatic rings. The summed E-state index contributed by atoms with van der Waals surface area (Å²) in [6, 6.07) is -0.150. The van der Waals surface area contributed by atoms with Gasteiger partial charge in [-0.25, -0.2) is 4.79 Å². The Morgan fingerprint density at radius 1 is 1.37 bits per heavy atom. The first kappa shape index (κ1) is 16.0. The highest BCUT2D eigenvalue weighted by Gasteiger charge is 2.24. The average molecular weight is 291 g/mol. The first-order valence-electron chi connectivity index (χ1n) is 6.07. The molecule has 0 bridgehead atoms. The number of hydrogen-bond donors (Lipinski definition) is 1. The van der Waals surface area contributed by atoms with Gasteiger partial charge in [0.05, 0.1) is 18.9 Å². The van der Waals surface area contributed by atoms with Gasteiger partial charge in [-0.3, -0.25) is 4.18 Å². The summed E-state index contributed by atoms with van der Waals surface area (Å²) in [4.78, 5) is 11.5. The Morgan fingerprint density at radius 2 is 2.00 bits per heavy atom. The van der Waals surface area contributed by atoms with Gasteiger partial charge in [0, 0.05) is 5.92 Å². The number of hydrogen-bond acceptors (Lipinski definition) is 5. The zero-order valence-corrected chi connectivity index (χ0v) is 12.5. The lowest BCUT2D eigenvalue weighted by molar-refractivity contribution is 0.0511. The van der Waals surface area contributed by atoms with E-state index in [0.717, 1.165) is 6.26 Å². The van der Waals surface area contributed by atoms with Crippen LogP contribution in [0.25, 0.3) is 0 Å². The molecular weight excluding hydrogens is 270 g/mol. The minimum absolute atomic E-state index is 0.0188. The van der Waals surface area contributed by atoms with Crippen molar-refractivity contribution >= 4 is 16.2 Å². The molecule has 0 aromatic rings. The van der Waals surface area contributed by atoms with Crippen molar-refractivity contribution in [3.8, 4) is 0 Å². The summed E-state index contributed by atoms with van der Waals surface area (Å²) in [6.07, 6.45) is 4.80. The predicted octanol–water partition coefficient (Wildman–Crippen LogP) is 1.43. The zero-order valence-electron chi connectivity index (χ0n) is 11.7. The average Bonchev–Trinajstić information content (AvgIpc) is 2.58. The molecule has 0 aromatic heterocycles. The standard InChI is InChI=1S/C12H21NO5S/c1-12(2,3)18-11(14)13-10-6-5-9(7-10)8-17-19(4,15)16/h5-6,9-10H,7-8H2,1-4H3,(H,13,14)/t9-,10+/m0/s1. The van der Waals surface area contributed by atoms with Crippen LogP contribution in [0.4, 0.5) is 4.79 Å². The zero-order chi connectivity index (χ0) is 14.7. The van der Waals surface area contributed by atoms with Crippen molar-refractivity contribution in [1.29, 1.82) is 0 Å². The SMILES string of the molecule is CC(C)(C)OC(=O)N[C@@H]1C=C[C@H](COS(C)(=O)=O)C1. The number of ether oxygens (including phenoxy) is 1. The van der Waals surface area contributed by atoms with E-state index in [4.69, 9.17) is 8.92 Å². The second-order valence-electron chi connectivity index (χ2n) is 5.62. The second kappa shape index (κ2) is 5.92. The van der Waals surface area contributed by atoms with Gasteiger partial charge >= 0.3 is 6.09 Å².